The van der Waals surface area contributed by atoms with Crippen molar-refractivity contribution >= 4 is 23.1 Å². The molecular formula is C35H35FN2O5. The normalized spacial score (nSPS) is 13.7. The van der Waals surface area contributed by atoms with Crippen molar-refractivity contribution in [2.75, 3.05) is 31.5 Å². The van der Waals surface area contributed by atoms with Gasteiger partial charge in [-0.05, 0) is 79.9 Å². The predicted octanol–water partition coefficient (Wildman–Crippen LogP) is 6.99. The van der Waals surface area contributed by atoms with E-state index >= 15 is 0 Å². The average Bonchev–Trinajstić information content (AvgIpc) is 3.00. The van der Waals surface area contributed by atoms with E-state index in [1.807, 2.05) is 51.1 Å². The number of hydrogen-bond donors (Lipinski definition) is 1. The first-order chi connectivity index (χ1) is 20.5. The Bertz CT molecular complexity index is 1700. The molecule has 1 amide bonds. The van der Waals surface area contributed by atoms with E-state index in [1.165, 1.54) is 12.1 Å². The van der Waals surface area contributed by atoms with Crippen LogP contribution in [0.2, 0.25) is 0 Å². The Morgan fingerprint density at radius 3 is 2.33 bits per heavy atom. The molecule has 0 fully saturated rings. The Morgan fingerprint density at radius 1 is 0.907 bits per heavy atom. The molecule has 1 heterocycles. The Labute approximate surface area is 251 Å². The fraction of sp³-hybridized carbons (Fsp3) is 0.257. The number of methoxy groups -OCH3 is 2. The molecule has 0 aliphatic carbocycles. The van der Waals surface area contributed by atoms with Crippen LogP contribution >= 0.6 is 0 Å². The number of amides is 1. The maximum Gasteiger partial charge on any atom is 0.251 e. The van der Waals surface area contributed by atoms with Crippen molar-refractivity contribution in [1.82, 2.24) is 0 Å². The molecule has 1 aliphatic rings. The van der Waals surface area contributed by atoms with E-state index in [1.54, 1.807) is 56.5 Å². The quantitative estimate of drug-likeness (QED) is 0.214. The molecule has 7 nitrogen and oxygen atoms in total. The lowest BCUT2D eigenvalue weighted by Gasteiger charge is -2.39. The molecule has 43 heavy (non-hydrogen) atoms. The van der Waals surface area contributed by atoms with Crippen LogP contribution in [0, 0.1) is 12.7 Å². The lowest BCUT2D eigenvalue weighted by Crippen LogP contribution is -2.52. The number of carbonyl (C=O) groups excluding carboxylic acids is 2. The van der Waals surface area contributed by atoms with Crippen LogP contribution < -0.4 is 24.4 Å². The Morgan fingerprint density at radius 2 is 1.63 bits per heavy atom. The van der Waals surface area contributed by atoms with Crippen molar-refractivity contribution in [3.63, 3.8) is 0 Å². The van der Waals surface area contributed by atoms with E-state index in [0.717, 1.165) is 33.5 Å². The second kappa shape index (κ2) is 11.8. The van der Waals surface area contributed by atoms with Gasteiger partial charge in [-0.1, -0.05) is 24.3 Å². The van der Waals surface area contributed by atoms with Gasteiger partial charge in [-0.25, -0.2) is 4.39 Å². The van der Waals surface area contributed by atoms with E-state index < -0.39 is 11.4 Å². The second-order valence-electron chi connectivity index (χ2n) is 11.2. The van der Waals surface area contributed by atoms with E-state index in [4.69, 9.17) is 14.2 Å². The van der Waals surface area contributed by atoms with E-state index in [0.29, 0.717) is 28.5 Å². The number of ketones is 1. The van der Waals surface area contributed by atoms with Gasteiger partial charge in [-0.3, -0.25) is 9.59 Å². The highest BCUT2D eigenvalue weighted by atomic mass is 19.1. The largest absolute Gasteiger partial charge is 0.497 e. The van der Waals surface area contributed by atoms with Crippen molar-refractivity contribution in [2.45, 2.75) is 39.3 Å². The van der Waals surface area contributed by atoms with Crippen molar-refractivity contribution in [3.8, 4) is 28.4 Å². The van der Waals surface area contributed by atoms with Crippen molar-refractivity contribution in [3.05, 3.63) is 101 Å². The molecule has 0 saturated carbocycles. The zero-order chi connectivity index (χ0) is 30.9. The summed E-state index contributed by atoms with van der Waals surface area (Å²) in [6.45, 7) is 5.60. The number of benzene rings is 4. The Balaban J connectivity index is 1.55. The number of hydrogen-bond acceptors (Lipinski definition) is 6. The van der Waals surface area contributed by atoms with E-state index in [-0.39, 0.29) is 24.7 Å². The molecule has 4 aromatic rings. The van der Waals surface area contributed by atoms with Gasteiger partial charge in [0, 0.05) is 36.2 Å². The first-order valence-corrected chi connectivity index (χ1v) is 14.0. The summed E-state index contributed by atoms with van der Waals surface area (Å²) in [6, 6.07) is 21.0. The summed E-state index contributed by atoms with van der Waals surface area (Å²) in [6.07, 6.45) is 0.193. The van der Waals surface area contributed by atoms with Gasteiger partial charge in [0.2, 0.25) is 0 Å². The minimum absolute atomic E-state index is 0.0281. The zero-order valence-corrected chi connectivity index (χ0v) is 25.2. The smallest absolute Gasteiger partial charge is 0.251 e. The number of anilines is 2. The van der Waals surface area contributed by atoms with Crippen LogP contribution in [0.15, 0.2) is 72.8 Å². The van der Waals surface area contributed by atoms with Crippen molar-refractivity contribution in [1.29, 1.82) is 0 Å². The molecule has 8 heteroatoms. The molecule has 1 N–H and O–H groups in total. The molecule has 0 saturated heterocycles. The molecule has 0 bridgehead atoms. The number of fused-ring (bicyclic) bond motifs is 1. The summed E-state index contributed by atoms with van der Waals surface area (Å²) in [5.74, 6) is 1.15. The molecule has 5 rings (SSSR count). The van der Waals surface area contributed by atoms with Crippen LogP contribution in [-0.2, 0) is 17.8 Å². The number of nitrogens with zero attached hydrogens (tertiary/aromatic N) is 1. The van der Waals surface area contributed by atoms with Gasteiger partial charge in [-0.2, -0.15) is 0 Å². The summed E-state index contributed by atoms with van der Waals surface area (Å²) < 4.78 is 31.3. The SMILES string of the molecule is COc1ccc(C(=O)Cc2ccc(-c3ccc4c(c3COc3cc(F)ccc3C)N(C)C(=O)C(C)(C)N4)c(OC)c2)cc1. The van der Waals surface area contributed by atoms with Crippen LogP contribution in [0.25, 0.3) is 11.1 Å². The van der Waals surface area contributed by atoms with Crippen LogP contribution in [0.5, 0.6) is 17.2 Å². The lowest BCUT2D eigenvalue weighted by atomic mass is 9.91. The van der Waals surface area contributed by atoms with Gasteiger partial charge < -0.3 is 24.4 Å². The summed E-state index contributed by atoms with van der Waals surface area (Å²) in [4.78, 5) is 28.0. The van der Waals surface area contributed by atoms with Gasteiger partial charge >= 0.3 is 0 Å². The number of rotatable bonds is 9. The maximum absolute atomic E-state index is 14.1. The van der Waals surface area contributed by atoms with Crippen molar-refractivity contribution < 1.29 is 28.2 Å². The summed E-state index contributed by atoms with van der Waals surface area (Å²) in [5, 5.41) is 3.35. The molecule has 4 aromatic carbocycles. The van der Waals surface area contributed by atoms with Crippen LogP contribution in [0.3, 0.4) is 0 Å². The number of Topliss-reactive ketones (excluding diaryl/α,β-unsaturated/α-hetero) is 1. The minimum Gasteiger partial charge on any atom is -0.497 e. The second-order valence-corrected chi connectivity index (χ2v) is 11.2. The summed E-state index contributed by atoms with van der Waals surface area (Å²) >= 11 is 0. The molecular weight excluding hydrogens is 547 g/mol. The minimum atomic E-state index is -0.795. The monoisotopic (exact) mass is 582 g/mol. The number of halogens is 1. The Kier molecular flexibility index (Phi) is 8.13. The van der Waals surface area contributed by atoms with E-state index in [2.05, 4.69) is 5.32 Å². The van der Waals surface area contributed by atoms with Gasteiger partial charge in [-0.15, -0.1) is 0 Å². The van der Waals surface area contributed by atoms with Gasteiger partial charge in [0.25, 0.3) is 5.91 Å². The first kappa shape index (κ1) is 29.6. The molecule has 0 unspecified atom stereocenters. The predicted molar refractivity (Wildman–Crippen MR) is 166 cm³/mol. The zero-order valence-electron chi connectivity index (χ0n) is 25.2. The maximum atomic E-state index is 14.1. The van der Waals surface area contributed by atoms with Gasteiger partial charge in [0.15, 0.2) is 5.78 Å². The summed E-state index contributed by atoms with van der Waals surface area (Å²) in [7, 11) is 4.91. The highest BCUT2D eigenvalue weighted by Gasteiger charge is 2.38. The third kappa shape index (κ3) is 5.91. The number of nitrogens with one attached hydrogen (secondary N) is 1. The van der Waals surface area contributed by atoms with E-state index in [9.17, 15) is 14.0 Å². The lowest BCUT2D eigenvalue weighted by molar-refractivity contribution is -0.121. The number of likely N-dealkylation sites (N-methyl/N-ethyl adjacent to an activating group) is 1. The van der Waals surface area contributed by atoms with Crippen LogP contribution in [0.1, 0.15) is 40.9 Å². The van der Waals surface area contributed by atoms with Gasteiger partial charge in [0.1, 0.15) is 35.2 Å². The van der Waals surface area contributed by atoms with Crippen molar-refractivity contribution in [2.24, 2.45) is 0 Å². The molecule has 0 spiro atoms. The fourth-order valence-corrected chi connectivity index (χ4v) is 5.44. The summed E-state index contributed by atoms with van der Waals surface area (Å²) in [5.41, 5.74) is 5.14. The highest BCUT2D eigenvalue weighted by molar-refractivity contribution is 6.09. The first-order valence-electron chi connectivity index (χ1n) is 14.0. The standard InChI is InChI=1S/C35H35FN2O5/c1-21-7-11-24(36)19-31(21)43-20-28-26(15-16-29-33(28)38(4)34(40)35(2,3)37-29)27-14-8-22(18-32(27)42-6)17-30(39)23-9-12-25(41-5)13-10-23/h7-16,18-19,37H,17,20H2,1-6H3. The number of ether oxygens (including phenoxy) is 3. The molecule has 0 radical (unpaired) electrons. The fourth-order valence-electron chi connectivity index (χ4n) is 5.44. The molecule has 0 aromatic heterocycles. The van der Waals surface area contributed by atoms with Gasteiger partial charge in [0.05, 0.1) is 25.6 Å². The molecule has 1 aliphatic heterocycles. The third-order valence-corrected chi connectivity index (χ3v) is 7.76. The average molecular weight is 583 g/mol. The number of carbonyl (C=O) groups is 2. The topological polar surface area (TPSA) is 77.1 Å². The third-order valence-electron chi connectivity index (χ3n) is 7.76. The van der Waals surface area contributed by atoms with Crippen LogP contribution in [0.4, 0.5) is 15.8 Å². The molecule has 0 atom stereocenters. The number of aryl methyl sites for hydroxylation is 1. The van der Waals surface area contributed by atoms with Crippen LogP contribution in [-0.4, -0.2) is 38.5 Å². The molecule has 222 valence electrons. The highest BCUT2D eigenvalue weighted by Crippen LogP contribution is 2.44. The Hall–Kier alpha value is -4.85.